The lowest BCUT2D eigenvalue weighted by molar-refractivity contribution is 0.674. The van der Waals surface area contributed by atoms with Gasteiger partial charge < -0.3 is 5.73 Å². The number of nitrogens with zero attached hydrogens (tertiary/aromatic N) is 1. The highest BCUT2D eigenvalue weighted by Crippen LogP contribution is 2.16. The van der Waals surface area contributed by atoms with Gasteiger partial charge in [0.1, 0.15) is 0 Å². The molecule has 12 heavy (non-hydrogen) atoms. The third kappa shape index (κ3) is 1.71. The zero-order chi connectivity index (χ0) is 8.97. The first-order chi connectivity index (χ1) is 5.79. The molecule has 0 bridgehead atoms. The molecule has 0 saturated carbocycles. The van der Waals surface area contributed by atoms with Crippen LogP contribution in [0.5, 0.6) is 0 Å². The number of aromatic nitrogens is 1. The summed E-state index contributed by atoms with van der Waals surface area (Å²) in [5.41, 5.74) is 7.83. The van der Waals surface area contributed by atoms with Crippen molar-refractivity contribution >= 4 is 6.08 Å². The topological polar surface area (TPSA) is 38.9 Å². The van der Waals surface area contributed by atoms with Gasteiger partial charge in [-0.3, -0.25) is 4.98 Å². The molecule has 1 heterocycles. The predicted octanol–water partition coefficient (Wildman–Crippen LogP) is 2.13. The third-order valence-corrected chi connectivity index (χ3v) is 1.88. The van der Waals surface area contributed by atoms with Crippen LogP contribution >= 0.6 is 0 Å². The number of hydrogen-bond donors (Lipinski definition) is 1. The molecule has 0 amide bonds. The minimum atomic E-state index is 0.0270. The summed E-state index contributed by atoms with van der Waals surface area (Å²) in [4.78, 5) is 4.22. The molecule has 0 saturated heterocycles. The summed E-state index contributed by atoms with van der Waals surface area (Å²) in [6.45, 7) is 5.76. The molecule has 2 nitrogen and oxygen atoms in total. The molecule has 0 radical (unpaired) electrons. The van der Waals surface area contributed by atoms with Gasteiger partial charge in [-0.1, -0.05) is 25.6 Å². The van der Waals surface area contributed by atoms with Gasteiger partial charge in [-0.15, -0.1) is 0 Å². The number of hydrogen-bond acceptors (Lipinski definition) is 2. The van der Waals surface area contributed by atoms with Crippen molar-refractivity contribution in [3.8, 4) is 0 Å². The molecule has 0 unspecified atom stereocenters. The minimum absolute atomic E-state index is 0.0270. The molecule has 64 valence electrons. The van der Waals surface area contributed by atoms with Gasteiger partial charge in [-0.25, -0.2) is 0 Å². The maximum Gasteiger partial charge on any atom is 0.0642 e. The smallest absolute Gasteiger partial charge is 0.0642 e. The maximum absolute atomic E-state index is 5.86. The van der Waals surface area contributed by atoms with Crippen LogP contribution in [0.15, 0.2) is 24.9 Å². The largest absolute Gasteiger partial charge is 0.323 e. The minimum Gasteiger partial charge on any atom is -0.323 e. The Hall–Kier alpha value is -1.15. The van der Waals surface area contributed by atoms with E-state index in [2.05, 4.69) is 11.6 Å². The van der Waals surface area contributed by atoms with Crippen LogP contribution < -0.4 is 5.73 Å². The van der Waals surface area contributed by atoms with Gasteiger partial charge >= 0.3 is 0 Å². The molecular formula is C10H14N2. The second-order valence-electron chi connectivity index (χ2n) is 2.70. The average Bonchev–Trinajstić information content (AvgIpc) is 2.16. The van der Waals surface area contributed by atoms with Crippen LogP contribution in [0.25, 0.3) is 6.08 Å². The van der Waals surface area contributed by atoms with Crippen LogP contribution in [0, 0.1) is 0 Å². The SMILES string of the molecule is C=Cc1cccnc1[C@@H](N)CC. The summed E-state index contributed by atoms with van der Waals surface area (Å²) in [6, 6.07) is 3.90. The Bertz CT molecular complexity index is 268. The lowest BCUT2D eigenvalue weighted by Gasteiger charge is -2.10. The molecule has 1 aromatic rings. The molecule has 0 aliphatic heterocycles. The molecule has 1 atom stereocenters. The summed E-state index contributed by atoms with van der Waals surface area (Å²) >= 11 is 0. The van der Waals surface area contributed by atoms with E-state index in [0.717, 1.165) is 17.7 Å². The summed E-state index contributed by atoms with van der Waals surface area (Å²) in [5.74, 6) is 0. The van der Waals surface area contributed by atoms with Crippen molar-refractivity contribution in [1.29, 1.82) is 0 Å². The molecule has 0 aliphatic rings. The van der Waals surface area contributed by atoms with E-state index < -0.39 is 0 Å². The summed E-state index contributed by atoms with van der Waals surface area (Å²) < 4.78 is 0. The van der Waals surface area contributed by atoms with Crippen molar-refractivity contribution in [2.24, 2.45) is 5.73 Å². The van der Waals surface area contributed by atoms with E-state index in [0.29, 0.717) is 0 Å². The first-order valence-electron chi connectivity index (χ1n) is 4.12. The lowest BCUT2D eigenvalue weighted by Crippen LogP contribution is -2.11. The van der Waals surface area contributed by atoms with E-state index in [4.69, 9.17) is 5.73 Å². The standard InChI is InChI=1S/C10H14N2/c1-3-8-6-5-7-12-10(8)9(11)4-2/h3,5-7,9H,1,4,11H2,2H3/t9-/m0/s1. The van der Waals surface area contributed by atoms with E-state index in [1.165, 1.54) is 0 Å². The highest BCUT2D eigenvalue weighted by Gasteiger charge is 2.07. The number of nitrogens with two attached hydrogens (primary N) is 1. The van der Waals surface area contributed by atoms with Crippen LogP contribution in [-0.4, -0.2) is 4.98 Å². The zero-order valence-electron chi connectivity index (χ0n) is 7.33. The van der Waals surface area contributed by atoms with Crippen LogP contribution in [0.1, 0.15) is 30.6 Å². The normalized spacial score (nSPS) is 12.5. The maximum atomic E-state index is 5.86. The zero-order valence-corrected chi connectivity index (χ0v) is 7.33. The summed E-state index contributed by atoms with van der Waals surface area (Å²) in [7, 11) is 0. The number of pyridine rings is 1. The molecule has 2 N–H and O–H groups in total. The van der Waals surface area contributed by atoms with Gasteiger partial charge in [0.15, 0.2) is 0 Å². The van der Waals surface area contributed by atoms with Crippen LogP contribution in [-0.2, 0) is 0 Å². The molecule has 1 aromatic heterocycles. The fourth-order valence-electron chi connectivity index (χ4n) is 1.11. The van der Waals surface area contributed by atoms with Crippen molar-refractivity contribution in [2.45, 2.75) is 19.4 Å². The average molecular weight is 162 g/mol. The van der Waals surface area contributed by atoms with E-state index in [1.54, 1.807) is 12.3 Å². The van der Waals surface area contributed by atoms with E-state index in [-0.39, 0.29) is 6.04 Å². The molecule has 0 spiro atoms. The van der Waals surface area contributed by atoms with Gasteiger partial charge in [0.25, 0.3) is 0 Å². The lowest BCUT2D eigenvalue weighted by atomic mass is 10.1. The van der Waals surface area contributed by atoms with Crippen LogP contribution in [0.4, 0.5) is 0 Å². The highest BCUT2D eigenvalue weighted by molar-refractivity contribution is 5.50. The van der Waals surface area contributed by atoms with Gasteiger partial charge in [-0.05, 0) is 18.1 Å². The monoisotopic (exact) mass is 162 g/mol. The molecule has 1 rings (SSSR count). The third-order valence-electron chi connectivity index (χ3n) is 1.88. The van der Waals surface area contributed by atoms with E-state index >= 15 is 0 Å². The summed E-state index contributed by atoms with van der Waals surface area (Å²) in [5, 5.41) is 0. The Morgan fingerprint density at radius 1 is 1.75 bits per heavy atom. The van der Waals surface area contributed by atoms with Crippen LogP contribution in [0.3, 0.4) is 0 Å². The Balaban J connectivity index is 3.04. The van der Waals surface area contributed by atoms with Gasteiger partial charge in [0.05, 0.1) is 5.69 Å². The van der Waals surface area contributed by atoms with Crippen molar-refractivity contribution < 1.29 is 0 Å². The predicted molar refractivity (Wildman–Crippen MR) is 51.5 cm³/mol. The Labute approximate surface area is 73.1 Å². The van der Waals surface area contributed by atoms with E-state index in [9.17, 15) is 0 Å². The molecular weight excluding hydrogens is 148 g/mol. The van der Waals surface area contributed by atoms with Gasteiger partial charge in [0.2, 0.25) is 0 Å². The first-order valence-corrected chi connectivity index (χ1v) is 4.12. The van der Waals surface area contributed by atoms with Gasteiger partial charge in [-0.2, -0.15) is 0 Å². The summed E-state index contributed by atoms with van der Waals surface area (Å²) in [6.07, 6.45) is 4.45. The highest BCUT2D eigenvalue weighted by atomic mass is 14.8. The Kier molecular flexibility index (Phi) is 3.00. The van der Waals surface area contributed by atoms with Gasteiger partial charge in [0, 0.05) is 12.2 Å². The Morgan fingerprint density at radius 2 is 2.50 bits per heavy atom. The van der Waals surface area contributed by atoms with Crippen molar-refractivity contribution in [2.75, 3.05) is 0 Å². The molecule has 2 heteroatoms. The van der Waals surface area contributed by atoms with Crippen molar-refractivity contribution in [3.05, 3.63) is 36.2 Å². The fourth-order valence-corrected chi connectivity index (χ4v) is 1.11. The first kappa shape index (κ1) is 8.94. The van der Waals surface area contributed by atoms with Crippen molar-refractivity contribution in [1.82, 2.24) is 4.98 Å². The van der Waals surface area contributed by atoms with E-state index in [1.807, 2.05) is 19.1 Å². The molecule has 0 fully saturated rings. The molecule has 0 aliphatic carbocycles. The van der Waals surface area contributed by atoms with Crippen molar-refractivity contribution in [3.63, 3.8) is 0 Å². The van der Waals surface area contributed by atoms with Crippen LogP contribution in [0.2, 0.25) is 0 Å². The Morgan fingerprint density at radius 3 is 3.08 bits per heavy atom. The second kappa shape index (κ2) is 4.02. The quantitative estimate of drug-likeness (QED) is 0.739. The fraction of sp³-hybridized carbons (Fsp3) is 0.300. The molecule has 0 aromatic carbocycles. The number of rotatable bonds is 3. The second-order valence-corrected chi connectivity index (χ2v) is 2.70.